The zero-order valence-electron chi connectivity index (χ0n) is 10.2. The van der Waals surface area contributed by atoms with Gasteiger partial charge in [0.1, 0.15) is 5.82 Å². The Labute approximate surface area is 92.1 Å². The van der Waals surface area contributed by atoms with E-state index in [2.05, 4.69) is 36.5 Å². The average Bonchev–Trinajstić information content (AvgIpc) is 2.49. The first-order valence-electron chi connectivity index (χ1n) is 5.46. The van der Waals surface area contributed by atoms with E-state index in [0.29, 0.717) is 0 Å². The Kier molecular flexibility index (Phi) is 4.15. The first-order chi connectivity index (χ1) is 6.99. The molecule has 0 aromatic carbocycles. The number of aromatic nitrogens is 2. The van der Waals surface area contributed by atoms with Crippen molar-refractivity contribution in [2.24, 2.45) is 7.05 Å². The van der Waals surface area contributed by atoms with Crippen LogP contribution in [0.25, 0.3) is 0 Å². The molecule has 0 atom stereocenters. The van der Waals surface area contributed by atoms with Crippen LogP contribution in [0.2, 0.25) is 0 Å². The number of rotatable bonds is 5. The van der Waals surface area contributed by atoms with E-state index in [4.69, 9.17) is 0 Å². The average molecular weight is 210 g/mol. The summed E-state index contributed by atoms with van der Waals surface area (Å²) in [5, 5.41) is 10.9. The van der Waals surface area contributed by atoms with Gasteiger partial charge in [-0.25, -0.2) is 0 Å². The highest BCUT2D eigenvalue weighted by atomic mass is 15.3. The van der Waals surface area contributed by atoms with Gasteiger partial charge >= 0.3 is 0 Å². The first kappa shape index (κ1) is 12.0. The predicted octanol–water partition coefficient (Wildman–Crippen LogP) is 1.61. The number of hydrogen-bond acceptors (Lipinski definition) is 3. The molecule has 0 fully saturated rings. The number of hydrogen-bond donors (Lipinski definition) is 2. The van der Waals surface area contributed by atoms with Gasteiger partial charge in [0, 0.05) is 25.2 Å². The van der Waals surface area contributed by atoms with Gasteiger partial charge in [-0.2, -0.15) is 5.10 Å². The Balaban J connectivity index is 2.10. The summed E-state index contributed by atoms with van der Waals surface area (Å²) in [6.45, 7) is 8.56. The molecule has 1 aromatic rings. The van der Waals surface area contributed by atoms with Crippen LogP contribution in [0, 0.1) is 0 Å². The molecule has 0 radical (unpaired) electrons. The number of aryl methyl sites for hydroxylation is 1. The molecule has 0 aliphatic heterocycles. The fourth-order valence-corrected chi connectivity index (χ4v) is 1.32. The highest BCUT2D eigenvalue weighted by molar-refractivity contribution is 5.33. The zero-order valence-corrected chi connectivity index (χ0v) is 10.2. The predicted molar refractivity (Wildman–Crippen MR) is 64.1 cm³/mol. The van der Waals surface area contributed by atoms with E-state index < -0.39 is 0 Å². The van der Waals surface area contributed by atoms with Crippen molar-refractivity contribution in [2.75, 3.05) is 18.4 Å². The van der Waals surface area contributed by atoms with Gasteiger partial charge in [0.05, 0.1) is 6.20 Å². The topological polar surface area (TPSA) is 41.9 Å². The molecule has 0 aliphatic rings. The van der Waals surface area contributed by atoms with Crippen LogP contribution in [0.15, 0.2) is 12.3 Å². The summed E-state index contributed by atoms with van der Waals surface area (Å²) in [5.41, 5.74) is 0.215. The van der Waals surface area contributed by atoms with Crippen LogP contribution in [0.4, 0.5) is 5.82 Å². The maximum atomic E-state index is 4.09. The second-order valence-corrected chi connectivity index (χ2v) is 4.80. The van der Waals surface area contributed by atoms with Gasteiger partial charge in [-0.15, -0.1) is 0 Å². The van der Waals surface area contributed by atoms with Crippen LogP contribution in [0.1, 0.15) is 27.2 Å². The molecule has 0 saturated carbocycles. The second-order valence-electron chi connectivity index (χ2n) is 4.80. The van der Waals surface area contributed by atoms with Crippen molar-refractivity contribution in [3.8, 4) is 0 Å². The third-order valence-corrected chi connectivity index (χ3v) is 2.14. The lowest BCUT2D eigenvalue weighted by atomic mass is 10.1. The summed E-state index contributed by atoms with van der Waals surface area (Å²) in [4.78, 5) is 0. The standard InChI is InChI=1S/C11H22N4/c1-11(2,3)13-8-5-7-12-10-6-9-14-15(10)4/h6,9,12-13H,5,7-8H2,1-4H3. The van der Waals surface area contributed by atoms with Gasteiger partial charge in [-0.05, 0) is 33.7 Å². The Morgan fingerprint density at radius 1 is 1.33 bits per heavy atom. The van der Waals surface area contributed by atoms with E-state index in [1.807, 2.05) is 17.8 Å². The lowest BCUT2D eigenvalue weighted by Gasteiger charge is -2.20. The van der Waals surface area contributed by atoms with Crippen LogP contribution in [-0.2, 0) is 7.05 Å². The molecule has 1 rings (SSSR count). The van der Waals surface area contributed by atoms with Gasteiger partial charge in [0.15, 0.2) is 0 Å². The Hall–Kier alpha value is -1.03. The van der Waals surface area contributed by atoms with E-state index in [0.717, 1.165) is 25.3 Å². The minimum atomic E-state index is 0.215. The van der Waals surface area contributed by atoms with E-state index in [9.17, 15) is 0 Å². The molecule has 1 aromatic heterocycles. The van der Waals surface area contributed by atoms with Gasteiger partial charge in [-0.1, -0.05) is 0 Å². The molecule has 0 spiro atoms. The van der Waals surface area contributed by atoms with Crippen molar-refractivity contribution in [3.63, 3.8) is 0 Å². The molecular formula is C11H22N4. The maximum Gasteiger partial charge on any atom is 0.123 e. The van der Waals surface area contributed by atoms with Crippen molar-refractivity contribution in [1.29, 1.82) is 0 Å². The minimum absolute atomic E-state index is 0.215. The van der Waals surface area contributed by atoms with E-state index in [1.165, 1.54) is 0 Å². The fraction of sp³-hybridized carbons (Fsp3) is 0.727. The van der Waals surface area contributed by atoms with Crippen LogP contribution in [0.3, 0.4) is 0 Å². The molecular weight excluding hydrogens is 188 g/mol. The van der Waals surface area contributed by atoms with Crippen molar-refractivity contribution in [1.82, 2.24) is 15.1 Å². The van der Waals surface area contributed by atoms with Crippen molar-refractivity contribution in [3.05, 3.63) is 12.3 Å². The van der Waals surface area contributed by atoms with Gasteiger partial charge < -0.3 is 10.6 Å². The molecule has 0 saturated heterocycles. The van der Waals surface area contributed by atoms with E-state index >= 15 is 0 Å². The van der Waals surface area contributed by atoms with E-state index in [1.54, 1.807) is 6.20 Å². The summed E-state index contributed by atoms with van der Waals surface area (Å²) < 4.78 is 1.84. The number of anilines is 1. The van der Waals surface area contributed by atoms with Gasteiger partial charge in [0.25, 0.3) is 0 Å². The summed E-state index contributed by atoms with van der Waals surface area (Å²) in [7, 11) is 1.94. The zero-order chi connectivity index (χ0) is 11.3. The van der Waals surface area contributed by atoms with Crippen molar-refractivity contribution < 1.29 is 0 Å². The van der Waals surface area contributed by atoms with Crippen LogP contribution >= 0.6 is 0 Å². The first-order valence-corrected chi connectivity index (χ1v) is 5.46. The summed E-state index contributed by atoms with van der Waals surface area (Å²) in [6, 6.07) is 1.98. The Morgan fingerprint density at radius 2 is 2.07 bits per heavy atom. The summed E-state index contributed by atoms with van der Waals surface area (Å²) in [5.74, 6) is 1.07. The third-order valence-electron chi connectivity index (χ3n) is 2.14. The van der Waals surface area contributed by atoms with Crippen molar-refractivity contribution in [2.45, 2.75) is 32.7 Å². The molecule has 86 valence electrons. The minimum Gasteiger partial charge on any atom is -0.370 e. The Bertz CT molecular complexity index is 285. The van der Waals surface area contributed by atoms with Crippen LogP contribution < -0.4 is 10.6 Å². The highest BCUT2D eigenvalue weighted by Crippen LogP contribution is 2.03. The van der Waals surface area contributed by atoms with Crippen molar-refractivity contribution >= 4 is 5.82 Å². The maximum absolute atomic E-state index is 4.09. The largest absolute Gasteiger partial charge is 0.370 e. The summed E-state index contributed by atoms with van der Waals surface area (Å²) in [6.07, 6.45) is 2.91. The SMILES string of the molecule is Cn1nccc1NCCCNC(C)(C)C. The lowest BCUT2D eigenvalue weighted by molar-refractivity contribution is 0.425. The van der Waals surface area contributed by atoms with Crippen LogP contribution in [-0.4, -0.2) is 28.4 Å². The van der Waals surface area contributed by atoms with Crippen LogP contribution in [0.5, 0.6) is 0 Å². The molecule has 15 heavy (non-hydrogen) atoms. The molecule has 0 bridgehead atoms. The lowest BCUT2D eigenvalue weighted by Crippen LogP contribution is -2.36. The highest BCUT2D eigenvalue weighted by Gasteiger charge is 2.06. The monoisotopic (exact) mass is 210 g/mol. The third kappa shape index (κ3) is 4.83. The summed E-state index contributed by atoms with van der Waals surface area (Å²) >= 11 is 0. The smallest absolute Gasteiger partial charge is 0.123 e. The fourth-order valence-electron chi connectivity index (χ4n) is 1.32. The van der Waals surface area contributed by atoms with Gasteiger partial charge in [0.2, 0.25) is 0 Å². The molecule has 0 amide bonds. The van der Waals surface area contributed by atoms with Gasteiger partial charge in [-0.3, -0.25) is 4.68 Å². The molecule has 4 heteroatoms. The normalized spacial score (nSPS) is 11.7. The second kappa shape index (κ2) is 5.16. The molecule has 2 N–H and O–H groups in total. The molecule has 1 heterocycles. The Morgan fingerprint density at radius 3 is 2.60 bits per heavy atom. The number of nitrogens with one attached hydrogen (secondary N) is 2. The molecule has 4 nitrogen and oxygen atoms in total. The quantitative estimate of drug-likeness (QED) is 0.726. The molecule has 0 unspecified atom stereocenters. The van der Waals surface area contributed by atoms with E-state index in [-0.39, 0.29) is 5.54 Å². The number of nitrogens with zero attached hydrogens (tertiary/aromatic N) is 2. The molecule has 0 aliphatic carbocycles.